The molecule has 0 radical (unpaired) electrons. The van der Waals surface area contributed by atoms with Gasteiger partial charge >= 0.3 is 7.82 Å². The van der Waals surface area contributed by atoms with Crippen molar-refractivity contribution in [3.63, 3.8) is 0 Å². The average Bonchev–Trinajstić information content (AvgIpc) is 3.01. The highest BCUT2D eigenvalue weighted by Gasteiger charge is 2.27. The van der Waals surface area contributed by atoms with Gasteiger partial charge in [-0.15, -0.1) is 0 Å². The quantitative estimate of drug-likeness (QED) is 0.0222. The topological polar surface area (TPSA) is 105 Å². The Morgan fingerprint density at radius 3 is 1.89 bits per heavy atom. The molecule has 0 aromatic heterocycles. The number of hydrogen-bond donors (Lipinski definition) is 3. The molecule has 0 fully saturated rings. The highest BCUT2D eigenvalue weighted by molar-refractivity contribution is 7.47. The number of aliphatic hydroxyl groups excluding tert-OH is 1. The van der Waals surface area contributed by atoms with Crippen LogP contribution in [0, 0.1) is 0 Å². The standard InChI is InChI=1S/C38H69N2O6P/c1-6-8-10-12-14-16-18-19-20-21-22-24-26-28-30-32-38(42)39-36(35-46-47(43,44)45-34-33-40(3,4)5)37(41)31-29-27-25-23-17-15-13-11-9-7-2/h9,11,14,16-19,23,29,31,36-37,41H,6-8,10,12-13,15,20-22,24-28,30,32-35H2,1-5H3,(H-,39,42,43,44)/p+1/b11-9+,16-14-,19-18-,23-17+,31-29+. The summed E-state index contributed by atoms with van der Waals surface area (Å²) in [5.74, 6) is -0.210. The van der Waals surface area contributed by atoms with Crippen LogP contribution in [0.15, 0.2) is 60.8 Å². The van der Waals surface area contributed by atoms with Gasteiger partial charge in [0.15, 0.2) is 0 Å². The Balaban J connectivity index is 4.62. The van der Waals surface area contributed by atoms with Gasteiger partial charge in [0.05, 0.1) is 39.9 Å². The van der Waals surface area contributed by atoms with E-state index < -0.39 is 20.0 Å². The summed E-state index contributed by atoms with van der Waals surface area (Å²) in [6.45, 7) is 4.58. The molecule has 3 N–H and O–H groups in total. The van der Waals surface area contributed by atoms with Crippen LogP contribution in [0.25, 0.3) is 0 Å². The smallest absolute Gasteiger partial charge is 0.387 e. The molecule has 0 rings (SSSR count). The first kappa shape index (κ1) is 45.2. The van der Waals surface area contributed by atoms with Crippen molar-refractivity contribution in [2.24, 2.45) is 0 Å². The minimum Gasteiger partial charge on any atom is -0.387 e. The predicted molar refractivity (Wildman–Crippen MR) is 198 cm³/mol. The first-order chi connectivity index (χ1) is 22.5. The number of unbranched alkanes of at least 4 members (excludes halogenated alkanes) is 11. The lowest BCUT2D eigenvalue weighted by atomic mass is 10.1. The monoisotopic (exact) mass is 681 g/mol. The van der Waals surface area contributed by atoms with Crippen molar-refractivity contribution in [2.45, 2.75) is 135 Å². The van der Waals surface area contributed by atoms with E-state index in [1.165, 1.54) is 32.1 Å². The van der Waals surface area contributed by atoms with Crippen LogP contribution in [-0.4, -0.2) is 73.4 Å². The van der Waals surface area contributed by atoms with Gasteiger partial charge in [-0.25, -0.2) is 4.57 Å². The summed E-state index contributed by atoms with van der Waals surface area (Å²) in [6, 6.07) is -0.874. The van der Waals surface area contributed by atoms with Gasteiger partial charge in [-0.1, -0.05) is 113 Å². The third kappa shape index (κ3) is 32.5. The Morgan fingerprint density at radius 2 is 1.30 bits per heavy atom. The Labute approximate surface area is 288 Å². The third-order valence-corrected chi connectivity index (χ3v) is 8.46. The fourth-order valence-corrected chi connectivity index (χ4v) is 5.27. The number of carbonyl (C=O) groups is 1. The summed E-state index contributed by atoms with van der Waals surface area (Å²) in [5.41, 5.74) is 0. The Morgan fingerprint density at radius 1 is 0.745 bits per heavy atom. The lowest BCUT2D eigenvalue weighted by Crippen LogP contribution is -2.45. The molecule has 9 heteroatoms. The lowest BCUT2D eigenvalue weighted by molar-refractivity contribution is -0.870. The number of nitrogens with one attached hydrogen (secondary N) is 1. The van der Waals surface area contributed by atoms with Gasteiger partial charge in [-0.2, -0.15) is 0 Å². The molecular weight excluding hydrogens is 611 g/mol. The van der Waals surface area contributed by atoms with Crippen LogP contribution in [0.5, 0.6) is 0 Å². The van der Waals surface area contributed by atoms with Crippen molar-refractivity contribution in [1.82, 2.24) is 5.32 Å². The summed E-state index contributed by atoms with van der Waals surface area (Å²) >= 11 is 0. The normalized spacial score (nSPS) is 15.5. The fourth-order valence-electron chi connectivity index (χ4n) is 4.54. The highest BCUT2D eigenvalue weighted by atomic mass is 31.2. The van der Waals surface area contributed by atoms with Gasteiger partial charge in [0.2, 0.25) is 5.91 Å². The highest BCUT2D eigenvalue weighted by Crippen LogP contribution is 2.43. The second-order valence-electron chi connectivity index (χ2n) is 13.2. The number of aliphatic hydroxyl groups is 1. The molecule has 272 valence electrons. The van der Waals surface area contributed by atoms with Crippen molar-refractivity contribution in [3.8, 4) is 0 Å². The van der Waals surface area contributed by atoms with E-state index >= 15 is 0 Å². The molecule has 0 aliphatic rings. The molecule has 3 unspecified atom stereocenters. The molecule has 47 heavy (non-hydrogen) atoms. The van der Waals surface area contributed by atoms with E-state index in [1.807, 2.05) is 27.2 Å². The SMILES string of the molecule is CC/C=C/CC/C=C/CC/C=C/C(O)C(COP(=O)(O)OCC[N+](C)(C)C)NC(=O)CCCCCCCC/C=C\C=C/CCCCC. The van der Waals surface area contributed by atoms with Crippen molar-refractivity contribution in [3.05, 3.63) is 60.8 Å². The number of allylic oxidation sites excluding steroid dienone is 9. The average molecular weight is 682 g/mol. The molecule has 0 saturated carbocycles. The zero-order valence-corrected chi connectivity index (χ0v) is 31.4. The van der Waals surface area contributed by atoms with Crippen LogP contribution in [0.3, 0.4) is 0 Å². The third-order valence-electron chi connectivity index (χ3n) is 7.48. The molecule has 0 saturated heterocycles. The summed E-state index contributed by atoms with van der Waals surface area (Å²) < 4.78 is 23.3. The Hall–Kier alpha value is -1.80. The van der Waals surface area contributed by atoms with Crippen molar-refractivity contribution in [1.29, 1.82) is 0 Å². The van der Waals surface area contributed by atoms with Crippen LogP contribution < -0.4 is 5.32 Å². The van der Waals surface area contributed by atoms with E-state index in [0.717, 1.165) is 70.6 Å². The van der Waals surface area contributed by atoms with Gasteiger partial charge < -0.3 is 19.8 Å². The lowest BCUT2D eigenvalue weighted by Gasteiger charge is -2.25. The molecule has 0 bridgehead atoms. The molecule has 8 nitrogen and oxygen atoms in total. The number of amides is 1. The molecular formula is C38H70N2O6P+. The molecule has 1 amide bonds. The van der Waals surface area contributed by atoms with E-state index in [2.05, 4.69) is 67.8 Å². The maximum atomic E-state index is 12.7. The molecule has 0 heterocycles. The molecule has 3 atom stereocenters. The second kappa shape index (κ2) is 30.3. The number of quaternary nitrogens is 1. The number of phosphoric ester groups is 1. The number of rotatable bonds is 31. The molecule has 0 aromatic carbocycles. The minimum atomic E-state index is -4.34. The maximum absolute atomic E-state index is 12.7. The molecule has 0 aromatic rings. The number of phosphoric acid groups is 1. The van der Waals surface area contributed by atoms with E-state index in [-0.39, 0.29) is 19.1 Å². The van der Waals surface area contributed by atoms with Crippen molar-refractivity contribution in [2.75, 3.05) is 40.9 Å². The van der Waals surface area contributed by atoms with Crippen LogP contribution in [0.2, 0.25) is 0 Å². The van der Waals surface area contributed by atoms with E-state index in [1.54, 1.807) is 6.08 Å². The van der Waals surface area contributed by atoms with Crippen LogP contribution >= 0.6 is 7.82 Å². The summed E-state index contributed by atoms with van der Waals surface area (Å²) in [6.07, 6.45) is 37.2. The van der Waals surface area contributed by atoms with E-state index in [4.69, 9.17) is 9.05 Å². The largest absolute Gasteiger partial charge is 0.472 e. The zero-order chi connectivity index (χ0) is 35.1. The fraction of sp³-hybridized carbons (Fsp3) is 0.711. The zero-order valence-electron chi connectivity index (χ0n) is 30.5. The Bertz CT molecular complexity index is 954. The summed E-state index contributed by atoms with van der Waals surface area (Å²) in [5, 5.41) is 13.6. The van der Waals surface area contributed by atoms with Gasteiger partial charge in [0.1, 0.15) is 13.2 Å². The van der Waals surface area contributed by atoms with Crippen molar-refractivity contribution < 1.29 is 32.9 Å². The van der Waals surface area contributed by atoms with Gasteiger partial charge in [-0.3, -0.25) is 13.8 Å². The predicted octanol–water partition coefficient (Wildman–Crippen LogP) is 9.12. The first-order valence-corrected chi connectivity index (χ1v) is 19.7. The first-order valence-electron chi connectivity index (χ1n) is 18.2. The van der Waals surface area contributed by atoms with Crippen LogP contribution in [0.1, 0.15) is 123 Å². The molecule has 0 aliphatic carbocycles. The van der Waals surface area contributed by atoms with E-state index in [9.17, 15) is 19.4 Å². The minimum absolute atomic E-state index is 0.0480. The van der Waals surface area contributed by atoms with E-state index in [0.29, 0.717) is 17.4 Å². The number of hydrogen-bond acceptors (Lipinski definition) is 5. The van der Waals surface area contributed by atoms with Gasteiger partial charge in [0, 0.05) is 6.42 Å². The second-order valence-corrected chi connectivity index (χ2v) is 14.7. The summed E-state index contributed by atoms with van der Waals surface area (Å²) in [4.78, 5) is 22.9. The molecule has 0 spiro atoms. The Kier molecular flexibility index (Phi) is 29.1. The molecule has 0 aliphatic heterocycles. The number of likely N-dealkylation sites (N-methyl/N-ethyl adjacent to an activating group) is 1. The van der Waals surface area contributed by atoms with Crippen molar-refractivity contribution >= 4 is 13.7 Å². The van der Waals surface area contributed by atoms with Gasteiger partial charge in [0.25, 0.3) is 0 Å². The summed E-state index contributed by atoms with van der Waals surface area (Å²) in [7, 11) is 1.52. The number of nitrogens with zero attached hydrogens (tertiary/aromatic N) is 1. The maximum Gasteiger partial charge on any atom is 0.472 e. The van der Waals surface area contributed by atoms with Crippen LogP contribution in [-0.2, 0) is 18.4 Å². The van der Waals surface area contributed by atoms with Crippen LogP contribution in [0.4, 0.5) is 0 Å². The van der Waals surface area contributed by atoms with Gasteiger partial charge in [-0.05, 0) is 64.2 Å². The number of carbonyl (C=O) groups excluding carboxylic acids is 1.